The molecule has 4 heteroatoms. The van der Waals surface area contributed by atoms with Gasteiger partial charge in [-0.25, -0.2) is 0 Å². The maximum atomic E-state index is 5.01. The molecule has 0 aliphatic rings. The molecule has 10 heavy (non-hydrogen) atoms. The van der Waals surface area contributed by atoms with Crippen LogP contribution in [0.5, 0.6) is 0 Å². The Morgan fingerprint density at radius 2 is 1.20 bits per heavy atom. The average molecular weight is 164 g/mol. The third kappa shape index (κ3) is 11.1. The van der Waals surface area contributed by atoms with Gasteiger partial charge in [0, 0.05) is 0 Å². The molecule has 0 spiro atoms. The van der Waals surface area contributed by atoms with Crippen molar-refractivity contribution in [3.05, 3.63) is 0 Å². The van der Waals surface area contributed by atoms with Crippen LogP contribution in [0.3, 0.4) is 0 Å². The molecule has 0 bridgehead atoms. The van der Waals surface area contributed by atoms with Gasteiger partial charge in [0.25, 0.3) is 0 Å². The first-order valence-corrected chi connectivity index (χ1v) is 3.25. The van der Waals surface area contributed by atoms with Crippen LogP contribution in [0.4, 0.5) is 0 Å². The first-order chi connectivity index (χ1) is 4.13. The normalized spacial score (nSPS) is 9.40. The summed E-state index contributed by atoms with van der Waals surface area (Å²) in [5.41, 5.74) is 0. The summed E-state index contributed by atoms with van der Waals surface area (Å²) >= 11 is 0. The van der Waals surface area contributed by atoms with Gasteiger partial charge in [0.05, 0.1) is 0 Å². The molecule has 0 saturated carbocycles. The van der Waals surface area contributed by atoms with E-state index < -0.39 is 0 Å². The first-order valence-electron chi connectivity index (χ1n) is 3.25. The molecule has 0 fully saturated rings. The second-order valence-electron chi connectivity index (χ2n) is 2.47. The van der Waals surface area contributed by atoms with E-state index in [0.717, 1.165) is 0 Å². The third-order valence-corrected chi connectivity index (χ3v) is 0.655. The molecule has 0 heterocycles. The fourth-order valence-electron chi connectivity index (χ4n) is 0.254. The Morgan fingerprint density at radius 1 is 0.900 bits per heavy atom. The van der Waals surface area contributed by atoms with Crippen molar-refractivity contribution in [1.29, 1.82) is 0 Å². The van der Waals surface area contributed by atoms with Crippen LogP contribution in [-0.2, 0) is 9.31 Å². The molecule has 0 aliphatic heterocycles. The summed E-state index contributed by atoms with van der Waals surface area (Å²) < 4.78 is 10.0. The van der Waals surface area contributed by atoms with Gasteiger partial charge in [-0.05, 0) is 0 Å². The molecule has 0 unspecified atom stereocenters. The van der Waals surface area contributed by atoms with Gasteiger partial charge >= 0.3 is 56.9 Å². The Morgan fingerprint density at radius 3 is 1.40 bits per heavy atom. The molecule has 0 saturated heterocycles. The van der Waals surface area contributed by atoms with Gasteiger partial charge in [-0.3, -0.25) is 0 Å². The Bertz CT molecular complexity index is 60.8. The monoisotopic (exact) mass is 164 g/mol. The first kappa shape index (κ1) is 12.9. The Hall–Kier alpha value is 0.275. The summed E-state index contributed by atoms with van der Waals surface area (Å²) in [5, 5.41) is 0. The predicted octanol–water partition coefficient (Wildman–Crippen LogP) is -1.63. The van der Waals surface area contributed by atoms with E-state index in [4.69, 9.17) is 9.31 Å². The van der Waals surface area contributed by atoms with Crippen LogP contribution >= 0.6 is 0 Å². The molecule has 0 radical (unpaired) electrons. The van der Waals surface area contributed by atoms with Crippen LogP contribution in [0, 0.1) is 0 Å². The van der Waals surface area contributed by atoms with E-state index in [0.29, 0.717) is 0 Å². The zero-order chi connectivity index (χ0) is 7.28. The van der Waals surface area contributed by atoms with Crippen molar-refractivity contribution < 1.29 is 21.7 Å². The second kappa shape index (κ2) is 7.38. The van der Waals surface area contributed by atoms with Gasteiger partial charge in [0.2, 0.25) is 0 Å². The van der Waals surface area contributed by atoms with Crippen molar-refractivity contribution in [2.24, 2.45) is 0 Å². The molecule has 0 aromatic rings. The predicted molar refractivity (Wildman–Crippen MR) is 38.2 cm³/mol. The van der Waals surface area contributed by atoms with Crippen LogP contribution in [-0.4, -0.2) is 19.9 Å². The molecule has 0 N–H and O–H groups in total. The van der Waals surface area contributed by atoms with E-state index in [1.54, 1.807) is 0 Å². The molecule has 0 aromatic carbocycles. The fraction of sp³-hybridized carbons (Fsp3) is 1.00. The van der Waals surface area contributed by atoms with Crippen LogP contribution in [0.1, 0.15) is 27.7 Å². The van der Waals surface area contributed by atoms with Gasteiger partial charge in [0.15, 0.2) is 0 Å². The van der Waals surface area contributed by atoms with Gasteiger partial charge < -0.3 is 12.4 Å². The van der Waals surface area contributed by atoms with Crippen LogP contribution < -0.4 is 12.4 Å². The average Bonchev–Trinajstić information content (AvgIpc) is 1.63. The van der Waals surface area contributed by atoms with Crippen LogP contribution in [0.15, 0.2) is 0 Å². The second-order valence-corrected chi connectivity index (χ2v) is 2.47. The van der Waals surface area contributed by atoms with Gasteiger partial charge in [-0.1, -0.05) is 0 Å². The van der Waals surface area contributed by atoms with E-state index >= 15 is 0 Å². The molecule has 0 aliphatic carbocycles. The number of hydrogen-bond donors (Lipinski definition) is 0. The van der Waals surface area contributed by atoms with Crippen LogP contribution in [0.25, 0.3) is 0 Å². The minimum absolute atomic E-state index is 0. The molecular weight excluding hydrogens is 150 g/mol. The molecule has 60 valence electrons. The Labute approximate surface area is 70.0 Å². The summed E-state index contributed by atoms with van der Waals surface area (Å²) in [6, 6.07) is 0. The maximum Gasteiger partial charge on any atom is -1.00 e. The van der Waals surface area contributed by atoms with Crippen molar-refractivity contribution in [2.75, 3.05) is 0 Å². The Balaban J connectivity index is 0. The van der Waals surface area contributed by atoms with Crippen LogP contribution in [0.2, 0.25) is 0 Å². The maximum absolute atomic E-state index is 5.01. The molecule has 0 rings (SSSR count). The summed E-state index contributed by atoms with van der Waals surface area (Å²) in [6.07, 6.45) is 0.424. The standard InChI is InChI=1S/C6H14BO2.ClH/c1-5(2)8-7-9-6(3)4;/h5-6H,1-4H3;1H/q+1;/p-1. The summed E-state index contributed by atoms with van der Waals surface area (Å²) in [6.45, 7) is 7.83. The zero-order valence-corrected chi connectivity index (χ0v) is 7.68. The molecule has 0 atom stereocenters. The quantitative estimate of drug-likeness (QED) is 0.465. The fourth-order valence-corrected chi connectivity index (χ4v) is 0.254. The summed E-state index contributed by atoms with van der Waals surface area (Å²) in [4.78, 5) is 0. The molecular formula is C6H14BClO2. The zero-order valence-electron chi connectivity index (χ0n) is 6.93. The SMILES string of the molecule is CC(C)O[B+]OC(C)C.[Cl-]. The van der Waals surface area contributed by atoms with Crippen molar-refractivity contribution in [3.8, 4) is 0 Å². The minimum atomic E-state index is 0. The van der Waals surface area contributed by atoms with Gasteiger partial charge in [-0.2, -0.15) is 0 Å². The largest absolute Gasteiger partial charge is 1.00 e. The smallest absolute Gasteiger partial charge is 1.00 e. The van der Waals surface area contributed by atoms with Gasteiger partial charge in [-0.15, -0.1) is 0 Å². The van der Waals surface area contributed by atoms with E-state index in [1.807, 2.05) is 27.7 Å². The molecule has 2 nitrogen and oxygen atoms in total. The summed E-state index contributed by atoms with van der Waals surface area (Å²) in [5.74, 6) is 0. The van der Waals surface area contributed by atoms with Crippen molar-refractivity contribution in [2.45, 2.75) is 39.9 Å². The summed E-state index contributed by atoms with van der Waals surface area (Å²) in [7, 11) is 1.40. The number of halogens is 1. The van der Waals surface area contributed by atoms with Crippen molar-refractivity contribution in [1.82, 2.24) is 0 Å². The van der Waals surface area contributed by atoms with E-state index in [2.05, 4.69) is 0 Å². The van der Waals surface area contributed by atoms with E-state index in [9.17, 15) is 0 Å². The molecule has 0 aromatic heterocycles. The number of rotatable bonds is 4. The molecule has 0 amide bonds. The van der Waals surface area contributed by atoms with Gasteiger partial charge in [0.1, 0.15) is 0 Å². The van der Waals surface area contributed by atoms with Crippen molar-refractivity contribution in [3.63, 3.8) is 0 Å². The number of hydrogen-bond acceptors (Lipinski definition) is 2. The third-order valence-electron chi connectivity index (χ3n) is 0.655. The topological polar surface area (TPSA) is 18.5 Å². The van der Waals surface area contributed by atoms with E-state index in [1.165, 1.54) is 7.69 Å². The van der Waals surface area contributed by atoms with E-state index in [-0.39, 0.29) is 24.6 Å². The van der Waals surface area contributed by atoms with Crippen molar-refractivity contribution >= 4 is 7.69 Å². The Kier molecular flexibility index (Phi) is 9.53. The minimum Gasteiger partial charge on any atom is -1.00 e.